The molecule has 2 rings (SSSR count). The van der Waals surface area contributed by atoms with Crippen LogP contribution in [0.3, 0.4) is 0 Å². The third-order valence-electron chi connectivity index (χ3n) is 2.70. The van der Waals surface area contributed by atoms with Crippen LogP contribution >= 0.6 is 27.5 Å². The summed E-state index contributed by atoms with van der Waals surface area (Å²) in [6.45, 7) is 0. The fourth-order valence-electron chi connectivity index (χ4n) is 1.80. The first-order valence-electron chi connectivity index (χ1n) is 5.50. The molecule has 2 aromatic rings. The molecular weight excluding hydrogens is 314 g/mol. The van der Waals surface area contributed by atoms with Gasteiger partial charge in [0.1, 0.15) is 0 Å². The Morgan fingerprint density at radius 1 is 1.39 bits per heavy atom. The molecule has 0 aliphatic carbocycles. The van der Waals surface area contributed by atoms with E-state index in [4.69, 9.17) is 17.4 Å². The number of nitrogens with zero attached hydrogens (tertiary/aromatic N) is 1. The second kappa shape index (κ2) is 6.29. The van der Waals surface area contributed by atoms with Crippen LogP contribution in [-0.4, -0.2) is 4.98 Å². The third kappa shape index (κ3) is 3.29. The van der Waals surface area contributed by atoms with Gasteiger partial charge in [-0.2, -0.15) is 0 Å². The lowest BCUT2D eigenvalue weighted by molar-refractivity contribution is 0.551. The number of nitrogens with one attached hydrogen (secondary N) is 1. The molecule has 0 aliphatic rings. The Labute approximate surface area is 119 Å². The molecule has 1 atom stereocenters. The predicted octanol–water partition coefficient (Wildman–Crippen LogP) is 3.24. The van der Waals surface area contributed by atoms with Gasteiger partial charge in [-0.15, -0.1) is 0 Å². The number of benzene rings is 1. The number of rotatable bonds is 4. The van der Waals surface area contributed by atoms with Gasteiger partial charge in [-0.05, 0) is 35.7 Å². The van der Waals surface area contributed by atoms with E-state index >= 15 is 0 Å². The quantitative estimate of drug-likeness (QED) is 0.670. The summed E-state index contributed by atoms with van der Waals surface area (Å²) in [5, 5.41) is 0.691. The van der Waals surface area contributed by atoms with Gasteiger partial charge < -0.3 is 0 Å². The lowest BCUT2D eigenvalue weighted by atomic mass is 10.0. The molecule has 0 saturated heterocycles. The molecule has 1 aromatic carbocycles. The molecule has 18 heavy (non-hydrogen) atoms. The summed E-state index contributed by atoms with van der Waals surface area (Å²) in [7, 11) is 0. The van der Waals surface area contributed by atoms with Crippen molar-refractivity contribution in [1.29, 1.82) is 0 Å². The van der Waals surface area contributed by atoms with Crippen molar-refractivity contribution in [3.05, 3.63) is 63.3 Å². The van der Waals surface area contributed by atoms with Crippen LogP contribution in [0.1, 0.15) is 17.2 Å². The Hall–Kier alpha value is -0.940. The minimum absolute atomic E-state index is 0.0326. The van der Waals surface area contributed by atoms with Gasteiger partial charge in [0.05, 0.1) is 6.04 Å². The topological polar surface area (TPSA) is 50.9 Å². The molecule has 5 heteroatoms. The molecule has 0 spiro atoms. The highest BCUT2D eigenvalue weighted by atomic mass is 79.9. The third-order valence-corrected chi connectivity index (χ3v) is 3.52. The maximum Gasteiger partial charge on any atom is 0.0515 e. The van der Waals surface area contributed by atoms with Crippen molar-refractivity contribution >= 4 is 27.5 Å². The average molecular weight is 327 g/mol. The maximum atomic E-state index is 6.23. The molecule has 1 aromatic heterocycles. The second-order valence-corrected chi connectivity index (χ2v) is 5.27. The number of halogens is 2. The molecule has 3 N–H and O–H groups in total. The van der Waals surface area contributed by atoms with Crippen molar-refractivity contribution < 1.29 is 0 Å². The smallest absolute Gasteiger partial charge is 0.0515 e. The van der Waals surface area contributed by atoms with Crippen LogP contribution in [0.2, 0.25) is 5.02 Å². The molecule has 0 fully saturated rings. The molecule has 0 radical (unpaired) electrons. The SMILES string of the molecule is NNC(Cc1cccnc1)c1ccc(Br)cc1Cl. The molecule has 0 aliphatic heterocycles. The Morgan fingerprint density at radius 2 is 2.22 bits per heavy atom. The Kier molecular flexibility index (Phi) is 4.72. The van der Waals surface area contributed by atoms with Crippen molar-refractivity contribution in [3.63, 3.8) is 0 Å². The molecule has 0 amide bonds. The van der Waals surface area contributed by atoms with E-state index in [0.717, 1.165) is 22.0 Å². The van der Waals surface area contributed by atoms with Crippen LogP contribution in [0.15, 0.2) is 47.2 Å². The van der Waals surface area contributed by atoms with Crippen LogP contribution in [-0.2, 0) is 6.42 Å². The van der Waals surface area contributed by atoms with Gasteiger partial charge in [0.15, 0.2) is 0 Å². The summed E-state index contributed by atoms with van der Waals surface area (Å²) < 4.78 is 0.952. The second-order valence-electron chi connectivity index (χ2n) is 3.95. The molecule has 1 heterocycles. The Balaban J connectivity index is 2.23. The van der Waals surface area contributed by atoms with Crippen LogP contribution in [0.25, 0.3) is 0 Å². The van der Waals surface area contributed by atoms with Gasteiger partial charge in [-0.25, -0.2) is 0 Å². The fourth-order valence-corrected chi connectivity index (χ4v) is 2.60. The molecule has 94 valence electrons. The van der Waals surface area contributed by atoms with Gasteiger partial charge in [0, 0.05) is 21.9 Å². The fraction of sp³-hybridized carbons (Fsp3) is 0.154. The van der Waals surface area contributed by atoms with Crippen molar-refractivity contribution in [1.82, 2.24) is 10.4 Å². The predicted molar refractivity (Wildman–Crippen MR) is 77.2 cm³/mol. The molecular formula is C13H13BrClN3. The highest BCUT2D eigenvalue weighted by molar-refractivity contribution is 9.10. The normalized spacial score (nSPS) is 12.4. The first-order chi connectivity index (χ1) is 8.70. The summed E-state index contributed by atoms with van der Waals surface area (Å²) in [4.78, 5) is 4.09. The van der Waals surface area contributed by atoms with E-state index in [2.05, 4.69) is 26.3 Å². The Morgan fingerprint density at radius 3 is 2.83 bits per heavy atom. The number of nitrogens with two attached hydrogens (primary N) is 1. The minimum Gasteiger partial charge on any atom is -0.271 e. The van der Waals surface area contributed by atoms with Crippen LogP contribution < -0.4 is 11.3 Å². The zero-order valence-corrected chi connectivity index (χ0v) is 11.9. The number of aromatic nitrogens is 1. The van der Waals surface area contributed by atoms with E-state index in [0.29, 0.717) is 5.02 Å². The minimum atomic E-state index is -0.0326. The number of hydrazine groups is 1. The summed E-state index contributed by atoms with van der Waals surface area (Å²) in [6, 6.07) is 9.68. The van der Waals surface area contributed by atoms with Gasteiger partial charge in [0.25, 0.3) is 0 Å². The van der Waals surface area contributed by atoms with Crippen LogP contribution in [0.4, 0.5) is 0 Å². The van der Waals surface area contributed by atoms with E-state index in [1.165, 1.54) is 0 Å². The summed E-state index contributed by atoms with van der Waals surface area (Å²) in [5.41, 5.74) is 4.89. The van der Waals surface area contributed by atoms with Crippen LogP contribution in [0.5, 0.6) is 0 Å². The van der Waals surface area contributed by atoms with Crippen LogP contribution in [0, 0.1) is 0 Å². The Bertz CT molecular complexity index is 519. The largest absolute Gasteiger partial charge is 0.271 e. The van der Waals surface area contributed by atoms with Crippen molar-refractivity contribution in [2.45, 2.75) is 12.5 Å². The summed E-state index contributed by atoms with van der Waals surface area (Å²) in [6.07, 6.45) is 4.32. The summed E-state index contributed by atoms with van der Waals surface area (Å²) in [5.74, 6) is 5.62. The number of pyridine rings is 1. The molecule has 3 nitrogen and oxygen atoms in total. The van der Waals surface area contributed by atoms with Gasteiger partial charge in [-0.3, -0.25) is 16.3 Å². The molecule has 1 unspecified atom stereocenters. The number of hydrogen-bond donors (Lipinski definition) is 2. The standard InChI is InChI=1S/C13H13BrClN3/c14-10-3-4-11(12(15)7-10)13(18-16)6-9-2-1-5-17-8-9/h1-5,7-8,13,18H,6,16H2. The van der Waals surface area contributed by atoms with E-state index in [1.807, 2.05) is 36.5 Å². The van der Waals surface area contributed by atoms with Gasteiger partial charge in [0.2, 0.25) is 0 Å². The first-order valence-corrected chi connectivity index (χ1v) is 6.68. The van der Waals surface area contributed by atoms with Gasteiger partial charge in [-0.1, -0.05) is 39.7 Å². The molecule has 0 bridgehead atoms. The van der Waals surface area contributed by atoms with Crippen molar-refractivity contribution in [2.24, 2.45) is 5.84 Å². The van der Waals surface area contributed by atoms with E-state index in [9.17, 15) is 0 Å². The highest BCUT2D eigenvalue weighted by Gasteiger charge is 2.14. The zero-order chi connectivity index (χ0) is 13.0. The lowest BCUT2D eigenvalue weighted by Gasteiger charge is -2.17. The van der Waals surface area contributed by atoms with E-state index in [1.54, 1.807) is 6.20 Å². The van der Waals surface area contributed by atoms with E-state index < -0.39 is 0 Å². The van der Waals surface area contributed by atoms with Crippen molar-refractivity contribution in [3.8, 4) is 0 Å². The lowest BCUT2D eigenvalue weighted by Crippen LogP contribution is -2.29. The number of hydrogen-bond acceptors (Lipinski definition) is 3. The summed E-state index contributed by atoms with van der Waals surface area (Å²) >= 11 is 9.62. The van der Waals surface area contributed by atoms with E-state index in [-0.39, 0.29) is 6.04 Å². The van der Waals surface area contributed by atoms with Gasteiger partial charge >= 0.3 is 0 Å². The van der Waals surface area contributed by atoms with Crippen molar-refractivity contribution in [2.75, 3.05) is 0 Å². The highest BCUT2D eigenvalue weighted by Crippen LogP contribution is 2.28. The zero-order valence-electron chi connectivity index (χ0n) is 9.61. The molecule has 0 saturated carbocycles. The maximum absolute atomic E-state index is 6.23. The first kappa shape index (κ1) is 13.5. The average Bonchev–Trinajstić information content (AvgIpc) is 2.38. The monoisotopic (exact) mass is 325 g/mol.